The molecule has 3 heteroatoms. The Balaban J connectivity index is 2.36. The summed E-state index contributed by atoms with van der Waals surface area (Å²) in [4.78, 5) is 12.6. The fourth-order valence-corrected chi connectivity index (χ4v) is 10.7. The monoisotopic (exact) mass is 304 g/mol. The third-order valence-corrected chi connectivity index (χ3v) is 12.5. The number of hydrogen-bond donors (Lipinski definition) is 0. The van der Waals surface area contributed by atoms with Crippen LogP contribution in [0.3, 0.4) is 0 Å². The maximum absolute atomic E-state index is 12.7. The van der Waals surface area contributed by atoms with Crippen LogP contribution in [-0.4, -0.2) is 17.3 Å². The first-order chi connectivity index (χ1) is 9.69. The van der Waals surface area contributed by atoms with E-state index in [0.29, 0.717) is 0 Å². The Kier molecular flexibility index (Phi) is 3.44. The van der Waals surface area contributed by atoms with Gasteiger partial charge < -0.3 is 0 Å². The van der Waals surface area contributed by atoms with Crippen LogP contribution in [0.2, 0.25) is 0 Å². The van der Waals surface area contributed by atoms with Crippen LogP contribution in [0.15, 0.2) is 60.7 Å². The molecule has 0 aromatic heterocycles. The molecule has 1 aliphatic rings. The molecule has 1 heterocycles. The molecule has 0 saturated carbocycles. The standard InChI is InChI=1S/C17H18ClOP/c18-17(19)20(13-7-8-14-20,15-9-3-1-4-10-15)16-11-5-2-6-12-16/h1-6,9-12H,7-8,13-14H2. The molecule has 1 fully saturated rings. The van der Waals surface area contributed by atoms with E-state index in [9.17, 15) is 4.79 Å². The van der Waals surface area contributed by atoms with E-state index < -0.39 is 6.60 Å². The quantitative estimate of drug-likeness (QED) is 0.609. The van der Waals surface area contributed by atoms with Gasteiger partial charge in [-0.05, 0) is 0 Å². The van der Waals surface area contributed by atoms with Crippen LogP contribution in [0.5, 0.6) is 0 Å². The van der Waals surface area contributed by atoms with Crippen LogP contribution in [0.25, 0.3) is 0 Å². The van der Waals surface area contributed by atoms with Gasteiger partial charge in [0.15, 0.2) is 0 Å². The van der Waals surface area contributed by atoms with E-state index in [4.69, 9.17) is 11.6 Å². The zero-order valence-corrected chi connectivity index (χ0v) is 13.0. The Morgan fingerprint density at radius 2 is 1.20 bits per heavy atom. The second-order valence-electron chi connectivity index (χ2n) is 5.59. The van der Waals surface area contributed by atoms with Crippen molar-refractivity contribution in [3.05, 3.63) is 60.7 Å². The van der Waals surface area contributed by atoms with E-state index >= 15 is 0 Å². The minimum atomic E-state index is -2.88. The van der Waals surface area contributed by atoms with E-state index in [1.165, 1.54) is 0 Å². The Morgan fingerprint density at radius 3 is 1.55 bits per heavy atom. The Labute approximate surface area is 124 Å². The first-order valence-corrected chi connectivity index (χ1v) is 10.0. The van der Waals surface area contributed by atoms with Gasteiger partial charge in [-0.25, -0.2) is 0 Å². The van der Waals surface area contributed by atoms with Gasteiger partial charge in [-0.1, -0.05) is 0 Å². The maximum atomic E-state index is 12.7. The van der Waals surface area contributed by atoms with Gasteiger partial charge in [0.05, 0.1) is 0 Å². The molecule has 1 aliphatic heterocycles. The van der Waals surface area contributed by atoms with E-state index in [-0.39, 0.29) is 4.98 Å². The van der Waals surface area contributed by atoms with Crippen LogP contribution in [0.4, 0.5) is 4.79 Å². The van der Waals surface area contributed by atoms with E-state index in [0.717, 1.165) is 35.8 Å². The Bertz CT molecular complexity index is 574. The number of rotatable bonds is 3. The number of halogens is 1. The number of carbonyl (C=O) groups excluding carboxylic acids is 1. The van der Waals surface area contributed by atoms with Crippen molar-refractivity contribution in [2.45, 2.75) is 12.8 Å². The zero-order chi connectivity index (χ0) is 14.1. The van der Waals surface area contributed by atoms with Gasteiger partial charge in [-0.15, -0.1) is 0 Å². The predicted octanol–water partition coefficient (Wildman–Crippen LogP) is 4.34. The molecule has 1 nitrogen and oxygen atoms in total. The normalized spacial score (nSPS) is 21.8. The van der Waals surface area contributed by atoms with Gasteiger partial charge in [0.2, 0.25) is 0 Å². The first-order valence-electron chi connectivity index (χ1n) is 7.02. The summed E-state index contributed by atoms with van der Waals surface area (Å²) in [6.45, 7) is -2.88. The molecule has 0 aliphatic carbocycles. The zero-order valence-electron chi connectivity index (χ0n) is 11.3. The Morgan fingerprint density at radius 1 is 0.800 bits per heavy atom. The van der Waals surface area contributed by atoms with Gasteiger partial charge in [-0.2, -0.15) is 0 Å². The van der Waals surface area contributed by atoms with Gasteiger partial charge in [0, 0.05) is 0 Å². The molecule has 20 heavy (non-hydrogen) atoms. The van der Waals surface area contributed by atoms with Gasteiger partial charge in [0.1, 0.15) is 0 Å². The van der Waals surface area contributed by atoms with Crippen LogP contribution in [0.1, 0.15) is 12.8 Å². The van der Waals surface area contributed by atoms with Crippen molar-refractivity contribution >= 4 is 33.8 Å². The van der Waals surface area contributed by atoms with E-state index in [1.54, 1.807) is 0 Å². The van der Waals surface area contributed by atoms with Crippen molar-refractivity contribution in [1.29, 1.82) is 0 Å². The summed E-state index contributed by atoms with van der Waals surface area (Å²) in [5.74, 6) is 0. The van der Waals surface area contributed by atoms with Gasteiger partial charge in [0.25, 0.3) is 0 Å². The summed E-state index contributed by atoms with van der Waals surface area (Å²) < 4.78 is 0. The second kappa shape index (κ2) is 4.98. The molecule has 0 N–H and O–H groups in total. The van der Waals surface area contributed by atoms with E-state index in [2.05, 4.69) is 24.3 Å². The summed E-state index contributed by atoms with van der Waals surface area (Å²) in [6.07, 6.45) is 4.00. The van der Waals surface area contributed by atoms with Crippen LogP contribution < -0.4 is 10.6 Å². The second-order valence-corrected chi connectivity index (χ2v) is 11.5. The summed E-state index contributed by atoms with van der Waals surface area (Å²) in [5, 5.41) is 2.31. The average molecular weight is 305 g/mol. The topological polar surface area (TPSA) is 17.1 Å². The number of benzene rings is 2. The summed E-state index contributed by atoms with van der Waals surface area (Å²) in [5.41, 5.74) is 0. The molecular formula is C17H18ClOP. The molecule has 0 amide bonds. The summed E-state index contributed by atoms with van der Waals surface area (Å²) in [6, 6.07) is 20.4. The van der Waals surface area contributed by atoms with Crippen molar-refractivity contribution < 1.29 is 4.79 Å². The SMILES string of the molecule is O=C(Cl)P1(c2ccccc2)(c2ccccc2)CCCC1. The van der Waals surface area contributed by atoms with Crippen molar-refractivity contribution in [3.63, 3.8) is 0 Å². The van der Waals surface area contributed by atoms with Crippen molar-refractivity contribution in [2.75, 3.05) is 12.3 Å². The van der Waals surface area contributed by atoms with Gasteiger partial charge >= 0.3 is 124 Å². The number of hydrogen-bond acceptors (Lipinski definition) is 1. The average Bonchev–Trinajstić information content (AvgIpc) is 2.97. The summed E-state index contributed by atoms with van der Waals surface area (Å²) >= 11 is 6.29. The molecule has 104 valence electrons. The predicted molar refractivity (Wildman–Crippen MR) is 89.3 cm³/mol. The molecule has 0 spiro atoms. The molecule has 0 unspecified atom stereocenters. The molecule has 0 atom stereocenters. The third-order valence-electron chi connectivity index (χ3n) is 4.74. The molecular weight excluding hydrogens is 287 g/mol. The molecule has 0 radical (unpaired) electrons. The number of carbonyl (C=O) groups is 1. The van der Waals surface area contributed by atoms with Crippen LogP contribution >= 0.6 is 18.2 Å². The molecule has 2 aromatic rings. The van der Waals surface area contributed by atoms with Crippen molar-refractivity contribution in [2.24, 2.45) is 0 Å². The Hall–Kier alpha value is -1.17. The molecule has 2 aromatic carbocycles. The molecule has 1 saturated heterocycles. The van der Waals surface area contributed by atoms with Crippen LogP contribution in [0, 0.1) is 0 Å². The fourth-order valence-electron chi connectivity index (χ4n) is 3.65. The summed E-state index contributed by atoms with van der Waals surface area (Å²) in [7, 11) is 0. The third kappa shape index (κ3) is 1.70. The molecule has 0 bridgehead atoms. The minimum absolute atomic E-state index is 0.120. The van der Waals surface area contributed by atoms with Crippen molar-refractivity contribution in [1.82, 2.24) is 0 Å². The van der Waals surface area contributed by atoms with E-state index in [1.807, 2.05) is 36.4 Å². The van der Waals surface area contributed by atoms with Gasteiger partial charge in [-0.3, -0.25) is 0 Å². The molecule has 3 rings (SSSR count). The van der Waals surface area contributed by atoms with Crippen LogP contribution in [-0.2, 0) is 0 Å². The van der Waals surface area contributed by atoms with Crippen molar-refractivity contribution in [3.8, 4) is 0 Å². The first kappa shape index (κ1) is 13.8. The fraction of sp³-hybridized carbons (Fsp3) is 0.235.